The van der Waals surface area contributed by atoms with Crippen LogP contribution in [0.25, 0.3) is 0 Å². The molecular formula is C7H10F3NO3S. The molecule has 1 heterocycles. The lowest BCUT2D eigenvalue weighted by Gasteiger charge is -2.22. The maximum Gasteiger partial charge on any atom is 0.534 e. The van der Waals surface area contributed by atoms with E-state index in [0.29, 0.717) is 13.0 Å². The van der Waals surface area contributed by atoms with Crippen LogP contribution in [0.4, 0.5) is 13.2 Å². The minimum atomic E-state index is -5.52. The first kappa shape index (κ1) is 12.3. The third-order valence-electron chi connectivity index (χ3n) is 1.81. The van der Waals surface area contributed by atoms with Gasteiger partial charge in [-0.15, -0.1) is 0 Å². The molecule has 0 saturated heterocycles. The maximum absolute atomic E-state index is 11.9. The van der Waals surface area contributed by atoms with Gasteiger partial charge >= 0.3 is 15.6 Å². The third kappa shape index (κ3) is 3.10. The standard InChI is InChI=1S/C7H10F3NO3S/c1-11-4-2-3-6(5-11)14-15(12,13)7(8,9)10/h3H,2,4-5H2,1H3. The van der Waals surface area contributed by atoms with Gasteiger partial charge in [-0.25, -0.2) is 0 Å². The Morgan fingerprint density at radius 3 is 2.53 bits per heavy atom. The van der Waals surface area contributed by atoms with Gasteiger partial charge in [0.15, 0.2) is 0 Å². The first-order valence-electron chi connectivity index (χ1n) is 4.11. The molecule has 0 bridgehead atoms. The molecule has 15 heavy (non-hydrogen) atoms. The molecule has 8 heteroatoms. The van der Waals surface area contributed by atoms with E-state index in [-0.39, 0.29) is 12.3 Å². The zero-order chi connectivity index (χ0) is 11.7. The zero-order valence-electron chi connectivity index (χ0n) is 7.91. The van der Waals surface area contributed by atoms with Crippen molar-refractivity contribution in [2.75, 3.05) is 20.1 Å². The average Bonchev–Trinajstić information content (AvgIpc) is 2.00. The summed E-state index contributed by atoms with van der Waals surface area (Å²) in [6.45, 7) is 0.730. The quantitative estimate of drug-likeness (QED) is 0.539. The van der Waals surface area contributed by atoms with Crippen molar-refractivity contribution in [3.8, 4) is 0 Å². The van der Waals surface area contributed by atoms with Crippen molar-refractivity contribution >= 4 is 10.1 Å². The van der Waals surface area contributed by atoms with Crippen LogP contribution in [-0.2, 0) is 14.3 Å². The van der Waals surface area contributed by atoms with Gasteiger partial charge in [-0.3, -0.25) is 4.90 Å². The van der Waals surface area contributed by atoms with Crippen LogP contribution in [0.5, 0.6) is 0 Å². The smallest absolute Gasteiger partial charge is 0.380 e. The van der Waals surface area contributed by atoms with Gasteiger partial charge in [-0.1, -0.05) is 0 Å². The minimum absolute atomic E-state index is 0.0648. The molecule has 0 saturated carbocycles. The Hall–Kier alpha value is -0.760. The number of hydrogen-bond acceptors (Lipinski definition) is 4. The summed E-state index contributed by atoms with van der Waals surface area (Å²) in [5, 5.41) is 0. The molecule has 1 aliphatic heterocycles. The first-order valence-corrected chi connectivity index (χ1v) is 5.51. The molecule has 4 nitrogen and oxygen atoms in total. The summed E-state index contributed by atoms with van der Waals surface area (Å²) in [5.41, 5.74) is -5.37. The van der Waals surface area contributed by atoms with Crippen molar-refractivity contribution < 1.29 is 25.8 Å². The molecular weight excluding hydrogens is 235 g/mol. The molecule has 0 N–H and O–H groups in total. The minimum Gasteiger partial charge on any atom is -0.380 e. The lowest BCUT2D eigenvalue weighted by atomic mass is 10.2. The summed E-state index contributed by atoms with van der Waals surface area (Å²) in [6.07, 6.45) is 1.82. The average molecular weight is 245 g/mol. The third-order valence-corrected chi connectivity index (χ3v) is 2.81. The van der Waals surface area contributed by atoms with Crippen LogP contribution in [0, 0.1) is 0 Å². The summed E-state index contributed by atoms with van der Waals surface area (Å²) >= 11 is 0. The van der Waals surface area contributed by atoms with Crippen LogP contribution in [-0.4, -0.2) is 39.0 Å². The van der Waals surface area contributed by atoms with E-state index in [4.69, 9.17) is 0 Å². The van der Waals surface area contributed by atoms with Crippen LogP contribution in [0.2, 0.25) is 0 Å². The van der Waals surface area contributed by atoms with E-state index in [2.05, 4.69) is 4.18 Å². The molecule has 0 unspecified atom stereocenters. The Labute approximate surface area is 85.4 Å². The Bertz CT molecular complexity index is 360. The van der Waals surface area contributed by atoms with Gasteiger partial charge in [0, 0.05) is 6.54 Å². The van der Waals surface area contributed by atoms with Gasteiger partial charge in [0.25, 0.3) is 0 Å². The van der Waals surface area contributed by atoms with E-state index < -0.39 is 15.6 Å². The van der Waals surface area contributed by atoms with Gasteiger partial charge in [0.2, 0.25) is 0 Å². The topological polar surface area (TPSA) is 46.6 Å². The van der Waals surface area contributed by atoms with E-state index in [0.717, 1.165) is 0 Å². The van der Waals surface area contributed by atoms with E-state index >= 15 is 0 Å². The second-order valence-corrected chi connectivity index (χ2v) is 4.72. The zero-order valence-corrected chi connectivity index (χ0v) is 8.73. The number of rotatable bonds is 2. The second-order valence-electron chi connectivity index (χ2n) is 3.18. The van der Waals surface area contributed by atoms with Crippen LogP contribution < -0.4 is 0 Å². The summed E-state index contributed by atoms with van der Waals surface area (Å²) < 4.78 is 61.0. The predicted molar refractivity (Wildman–Crippen MR) is 46.3 cm³/mol. The highest BCUT2D eigenvalue weighted by Crippen LogP contribution is 2.27. The molecule has 0 spiro atoms. The SMILES string of the molecule is CN1CCC=C(OS(=O)(=O)C(F)(F)F)C1. The van der Waals surface area contributed by atoms with Crippen LogP contribution >= 0.6 is 0 Å². The van der Waals surface area contributed by atoms with E-state index in [1.807, 2.05) is 0 Å². The first-order chi connectivity index (χ1) is 6.72. The van der Waals surface area contributed by atoms with Crippen molar-refractivity contribution in [3.05, 3.63) is 11.8 Å². The van der Waals surface area contributed by atoms with Gasteiger partial charge in [-0.05, 0) is 19.5 Å². The molecule has 0 aromatic carbocycles. The molecule has 0 aromatic rings. The summed E-state index contributed by atoms with van der Waals surface area (Å²) in [5.74, 6) is -0.180. The summed E-state index contributed by atoms with van der Waals surface area (Å²) in [7, 11) is -3.85. The predicted octanol–water partition coefficient (Wildman–Crippen LogP) is 1.07. The fourth-order valence-electron chi connectivity index (χ4n) is 1.10. The van der Waals surface area contributed by atoms with Gasteiger partial charge in [-0.2, -0.15) is 21.6 Å². The molecule has 88 valence electrons. The van der Waals surface area contributed by atoms with Crippen molar-refractivity contribution in [2.45, 2.75) is 11.9 Å². The monoisotopic (exact) mass is 245 g/mol. The summed E-state index contributed by atoms with van der Waals surface area (Å²) in [6, 6.07) is 0. The lowest BCUT2D eigenvalue weighted by Crippen LogP contribution is -2.31. The van der Waals surface area contributed by atoms with Crippen molar-refractivity contribution in [3.63, 3.8) is 0 Å². The van der Waals surface area contributed by atoms with Crippen molar-refractivity contribution in [1.82, 2.24) is 4.90 Å². The normalized spacial score (nSPS) is 19.9. The second kappa shape index (κ2) is 4.01. The van der Waals surface area contributed by atoms with E-state index in [9.17, 15) is 21.6 Å². The summed E-state index contributed by atoms with van der Waals surface area (Å²) in [4.78, 5) is 1.67. The van der Waals surface area contributed by atoms with Crippen LogP contribution in [0.3, 0.4) is 0 Å². The molecule has 0 atom stereocenters. The maximum atomic E-state index is 11.9. The number of alkyl halides is 3. The molecule has 0 radical (unpaired) electrons. The number of hydrogen-bond donors (Lipinski definition) is 0. The highest BCUT2D eigenvalue weighted by molar-refractivity contribution is 7.87. The fraction of sp³-hybridized carbons (Fsp3) is 0.714. The number of likely N-dealkylation sites (N-methyl/N-ethyl adjacent to an activating group) is 1. The van der Waals surface area contributed by atoms with E-state index in [1.165, 1.54) is 6.08 Å². The molecule has 0 fully saturated rings. The Kier molecular flexibility index (Phi) is 3.29. The number of nitrogens with zero attached hydrogens (tertiary/aromatic N) is 1. The Balaban J connectivity index is 2.75. The molecule has 0 amide bonds. The van der Waals surface area contributed by atoms with Crippen molar-refractivity contribution in [1.29, 1.82) is 0 Å². The number of halogens is 3. The van der Waals surface area contributed by atoms with Crippen LogP contribution in [0.1, 0.15) is 6.42 Å². The van der Waals surface area contributed by atoms with Gasteiger partial charge < -0.3 is 4.18 Å². The highest BCUT2D eigenvalue weighted by atomic mass is 32.2. The molecule has 0 aliphatic carbocycles. The molecule has 0 aromatic heterocycles. The Morgan fingerprint density at radius 1 is 1.47 bits per heavy atom. The van der Waals surface area contributed by atoms with E-state index in [1.54, 1.807) is 11.9 Å². The van der Waals surface area contributed by atoms with Gasteiger partial charge in [0.1, 0.15) is 5.76 Å². The molecule has 1 aliphatic rings. The highest BCUT2D eigenvalue weighted by Gasteiger charge is 2.48. The van der Waals surface area contributed by atoms with Crippen LogP contribution in [0.15, 0.2) is 11.8 Å². The largest absolute Gasteiger partial charge is 0.534 e. The Morgan fingerprint density at radius 2 is 2.07 bits per heavy atom. The lowest BCUT2D eigenvalue weighted by molar-refractivity contribution is -0.0525. The molecule has 1 rings (SSSR count). The van der Waals surface area contributed by atoms with Crippen molar-refractivity contribution in [2.24, 2.45) is 0 Å². The van der Waals surface area contributed by atoms with Gasteiger partial charge in [0.05, 0.1) is 6.54 Å². The fourth-order valence-corrected chi connectivity index (χ4v) is 1.60.